The summed E-state index contributed by atoms with van der Waals surface area (Å²) in [4.78, 5) is 4.34. The standard InChI is InChI=1S/C10H12N4/c1-11-9-6-14-10(12-9)5-4-8(13-14)7-2-3-7/h4-7,11H,2-3H2,1H3. The van der Waals surface area contributed by atoms with Gasteiger partial charge in [-0.05, 0) is 25.0 Å². The first kappa shape index (κ1) is 7.79. The van der Waals surface area contributed by atoms with Crippen molar-refractivity contribution < 1.29 is 0 Å². The fraction of sp³-hybridized carbons (Fsp3) is 0.400. The van der Waals surface area contributed by atoms with Crippen LogP contribution < -0.4 is 5.32 Å². The van der Waals surface area contributed by atoms with E-state index in [4.69, 9.17) is 0 Å². The molecule has 1 N–H and O–H groups in total. The molecule has 0 atom stereocenters. The second-order valence-corrected chi connectivity index (χ2v) is 3.71. The summed E-state index contributed by atoms with van der Waals surface area (Å²) in [5, 5.41) is 7.53. The maximum Gasteiger partial charge on any atom is 0.156 e. The van der Waals surface area contributed by atoms with Crippen molar-refractivity contribution in [1.82, 2.24) is 14.6 Å². The highest BCUT2D eigenvalue weighted by Crippen LogP contribution is 2.38. The number of fused-ring (bicyclic) bond motifs is 1. The molecule has 2 heterocycles. The molecular weight excluding hydrogens is 176 g/mol. The lowest BCUT2D eigenvalue weighted by Gasteiger charge is -1.96. The van der Waals surface area contributed by atoms with Crippen molar-refractivity contribution in [3.8, 4) is 0 Å². The molecule has 4 nitrogen and oxygen atoms in total. The molecule has 0 aromatic carbocycles. The summed E-state index contributed by atoms with van der Waals surface area (Å²) >= 11 is 0. The van der Waals surface area contributed by atoms with Crippen LogP contribution in [0.15, 0.2) is 18.3 Å². The quantitative estimate of drug-likeness (QED) is 0.779. The molecule has 4 heteroatoms. The number of rotatable bonds is 2. The first-order valence-corrected chi connectivity index (χ1v) is 4.91. The lowest BCUT2D eigenvalue weighted by molar-refractivity contribution is 0.856. The molecule has 3 rings (SSSR count). The van der Waals surface area contributed by atoms with Gasteiger partial charge in [0.05, 0.1) is 11.9 Å². The predicted octanol–water partition coefficient (Wildman–Crippen LogP) is 1.65. The van der Waals surface area contributed by atoms with Gasteiger partial charge < -0.3 is 5.32 Å². The molecule has 0 unspecified atom stereocenters. The summed E-state index contributed by atoms with van der Waals surface area (Å²) in [7, 11) is 1.86. The molecule has 0 amide bonds. The summed E-state index contributed by atoms with van der Waals surface area (Å²) < 4.78 is 1.85. The van der Waals surface area contributed by atoms with E-state index in [-0.39, 0.29) is 0 Å². The molecule has 0 aliphatic heterocycles. The van der Waals surface area contributed by atoms with E-state index < -0.39 is 0 Å². The normalized spacial score (nSPS) is 16.1. The topological polar surface area (TPSA) is 42.2 Å². The molecule has 0 spiro atoms. The Morgan fingerprint density at radius 1 is 1.43 bits per heavy atom. The van der Waals surface area contributed by atoms with E-state index in [0.29, 0.717) is 5.92 Å². The largest absolute Gasteiger partial charge is 0.372 e. The van der Waals surface area contributed by atoms with E-state index in [0.717, 1.165) is 11.5 Å². The molecule has 2 aromatic rings. The van der Waals surface area contributed by atoms with Crippen LogP contribution in [-0.2, 0) is 0 Å². The van der Waals surface area contributed by atoms with Crippen molar-refractivity contribution in [2.45, 2.75) is 18.8 Å². The molecule has 0 radical (unpaired) electrons. The first-order chi connectivity index (χ1) is 6.86. The highest BCUT2D eigenvalue weighted by atomic mass is 15.3. The minimum atomic E-state index is 0.694. The molecule has 0 saturated heterocycles. The molecule has 1 saturated carbocycles. The van der Waals surface area contributed by atoms with Crippen LogP contribution in [0.1, 0.15) is 24.5 Å². The average Bonchev–Trinajstić information content (AvgIpc) is 2.97. The fourth-order valence-corrected chi connectivity index (χ4v) is 1.61. The van der Waals surface area contributed by atoms with Gasteiger partial charge in [-0.2, -0.15) is 5.10 Å². The summed E-state index contributed by atoms with van der Waals surface area (Å²) in [5.41, 5.74) is 2.09. The Kier molecular flexibility index (Phi) is 1.50. The third-order valence-electron chi connectivity index (χ3n) is 2.59. The Morgan fingerprint density at radius 3 is 3.00 bits per heavy atom. The Balaban J connectivity index is 2.12. The smallest absolute Gasteiger partial charge is 0.156 e. The highest BCUT2D eigenvalue weighted by Gasteiger charge is 2.25. The Morgan fingerprint density at radius 2 is 2.29 bits per heavy atom. The molecule has 1 aliphatic carbocycles. The monoisotopic (exact) mass is 188 g/mol. The molecule has 0 bridgehead atoms. The lowest BCUT2D eigenvalue weighted by Crippen LogP contribution is -1.94. The summed E-state index contributed by atoms with van der Waals surface area (Å²) in [6.07, 6.45) is 4.49. The zero-order valence-electron chi connectivity index (χ0n) is 8.07. The molecular formula is C10H12N4. The third kappa shape index (κ3) is 1.14. The zero-order chi connectivity index (χ0) is 9.54. The minimum Gasteiger partial charge on any atom is -0.372 e. The molecule has 14 heavy (non-hydrogen) atoms. The predicted molar refractivity (Wildman–Crippen MR) is 54.5 cm³/mol. The van der Waals surface area contributed by atoms with Crippen LogP contribution in [-0.4, -0.2) is 21.6 Å². The highest BCUT2D eigenvalue weighted by molar-refractivity contribution is 5.47. The third-order valence-corrected chi connectivity index (χ3v) is 2.59. The number of nitrogens with zero attached hydrogens (tertiary/aromatic N) is 3. The fourth-order valence-electron chi connectivity index (χ4n) is 1.61. The van der Waals surface area contributed by atoms with Crippen molar-refractivity contribution >= 4 is 11.5 Å². The maximum absolute atomic E-state index is 4.52. The molecule has 1 aliphatic rings. The van der Waals surface area contributed by atoms with Gasteiger partial charge in [-0.25, -0.2) is 9.50 Å². The van der Waals surface area contributed by atoms with Crippen LogP contribution in [0.25, 0.3) is 5.65 Å². The zero-order valence-corrected chi connectivity index (χ0v) is 8.07. The SMILES string of the molecule is CNc1cn2nc(C3CC3)ccc2n1. The van der Waals surface area contributed by atoms with Crippen LogP contribution in [0, 0.1) is 0 Å². The van der Waals surface area contributed by atoms with Crippen molar-refractivity contribution in [3.05, 3.63) is 24.0 Å². The van der Waals surface area contributed by atoms with Gasteiger partial charge >= 0.3 is 0 Å². The summed E-state index contributed by atoms with van der Waals surface area (Å²) in [5.74, 6) is 1.56. The molecule has 1 fully saturated rings. The van der Waals surface area contributed by atoms with Crippen molar-refractivity contribution in [2.24, 2.45) is 0 Å². The van der Waals surface area contributed by atoms with E-state index >= 15 is 0 Å². The summed E-state index contributed by atoms with van der Waals surface area (Å²) in [6.45, 7) is 0. The van der Waals surface area contributed by atoms with Gasteiger partial charge in [-0.3, -0.25) is 0 Å². The average molecular weight is 188 g/mol. The van der Waals surface area contributed by atoms with E-state index in [1.807, 2.05) is 23.8 Å². The van der Waals surface area contributed by atoms with Gasteiger partial charge in [-0.15, -0.1) is 0 Å². The summed E-state index contributed by atoms with van der Waals surface area (Å²) in [6, 6.07) is 4.11. The van der Waals surface area contributed by atoms with E-state index in [9.17, 15) is 0 Å². The van der Waals surface area contributed by atoms with Crippen molar-refractivity contribution in [2.75, 3.05) is 12.4 Å². The van der Waals surface area contributed by atoms with Gasteiger partial charge in [0.25, 0.3) is 0 Å². The minimum absolute atomic E-state index is 0.694. The second-order valence-electron chi connectivity index (χ2n) is 3.71. The van der Waals surface area contributed by atoms with Crippen molar-refractivity contribution in [1.29, 1.82) is 0 Å². The second kappa shape index (κ2) is 2.70. The van der Waals surface area contributed by atoms with Gasteiger partial charge in [0, 0.05) is 13.0 Å². The number of anilines is 1. The molecule has 2 aromatic heterocycles. The van der Waals surface area contributed by atoms with Crippen LogP contribution in [0.4, 0.5) is 5.82 Å². The molecule has 72 valence electrons. The number of hydrogen-bond acceptors (Lipinski definition) is 3. The van der Waals surface area contributed by atoms with E-state index in [2.05, 4.69) is 21.5 Å². The van der Waals surface area contributed by atoms with E-state index in [1.165, 1.54) is 18.5 Å². The first-order valence-electron chi connectivity index (χ1n) is 4.91. The van der Waals surface area contributed by atoms with Crippen LogP contribution in [0.5, 0.6) is 0 Å². The van der Waals surface area contributed by atoms with Crippen LogP contribution in [0.3, 0.4) is 0 Å². The number of hydrogen-bond donors (Lipinski definition) is 1. The van der Waals surface area contributed by atoms with Gasteiger partial charge in [-0.1, -0.05) is 0 Å². The number of aromatic nitrogens is 3. The van der Waals surface area contributed by atoms with Crippen LogP contribution in [0.2, 0.25) is 0 Å². The Hall–Kier alpha value is -1.58. The number of nitrogens with one attached hydrogen (secondary N) is 1. The lowest BCUT2D eigenvalue weighted by atomic mass is 10.3. The number of imidazole rings is 1. The van der Waals surface area contributed by atoms with Gasteiger partial charge in [0.15, 0.2) is 5.65 Å². The van der Waals surface area contributed by atoms with Gasteiger partial charge in [0.1, 0.15) is 5.82 Å². The van der Waals surface area contributed by atoms with E-state index in [1.54, 1.807) is 0 Å². The van der Waals surface area contributed by atoms with Crippen molar-refractivity contribution in [3.63, 3.8) is 0 Å². The van der Waals surface area contributed by atoms with Gasteiger partial charge in [0.2, 0.25) is 0 Å². The Bertz CT molecular complexity index is 470. The Labute approximate surface area is 82.0 Å². The van der Waals surface area contributed by atoms with Crippen LogP contribution >= 0.6 is 0 Å². The maximum atomic E-state index is 4.52.